The number of hydrogen-bond acceptors (Lipinski definition) is 5. The highest BCUT2D eigenvalue weighted by Crippen LogP contribution is 2.17. The van der Waals surface area contributed by atoms with Crippen molar-refractivity contribution in [3.8, 4) is 0 Å². The minimum Gasteiger partial charge on any atom is -0.478 e. The molecule has 20 heavy (non-hydrogen) atoms. The lowest BCUT2D eigenvalue weighted by atomic mass is 10.2. The van der Waals surface area contributed by atoms with Crippen LogP contribution >= 0.6 is 0 Å². The van der Waals surface area contributed by atoms with Crippen LogP contribution in [0.4, 0.5) is 4.39 Å². The lowest BCUT2D eigenvalue weighted by molar-refractivity contribution is 0.0696. The van der Waals surface area contributed by atoms with Crippen molar-refractivity contribution < 1.29 is 32.2 Å². The van der Waals surface area contributed by atoms with Gasteiger partial charge in [-0.05, 0) is 18.2 Å². The Morgan fingerprint density at radius 1 is 1.30 bits per heavy atom. The lowest BCUT2D eigenvalue weighted by Gasteiger charge is -2.07. The average molecular weight is 306 g/mol. The standard InChI is InChI=1S/C12H15FO6S/c1-18-4-5-19-6-7-20(16,17)11-3-2-9(12(14)15)8-10(11)13/h2-3,8H,4-7H2,1H3,(H,14,15). The number of carboxylic acids is 1. The molecule has 0 amide bonds. The molecule has 0 atom stereocenters. The molecule has 0 aliphatic carbocycles. The maximum Gasteiger partial charge on any atom is 0.335 e. The van der Waals surface area contributed by atoms with Gasteiger partial charge in [0.05, 0.1) is 31.1 Å². The molecule has 1 aromatic carbocycles. The van der Waals surface area contributed by atoms with Gasteiger partial charge < -0.3 is 14.6 Å². The van der Waals surface area contributed by atoms with Crippen LogP contribution in [0.1, 0.15) is 10.4 Å². The van der Waals surface area contributed by atoms with E-state index >= 15 is 0 Å². The smallest absolute Gasteiger partial charge is 0.335 e. The minimum atomic E-state index is -3.85. The second kappa shape index (κ2) is 7.32. The summed E-state index contributed by atoms with van der Waals surface area (Å²) in [5.41, 5.74) is -0.308. The number of carboxylic acid groups (broad SMARTS) is 1. The summed E-state index contributed by atoms with van der Waals surface area (Å²) in [6.45, 7) is 0.486. The predicted octanol–water partition coefficient (Wildman–Crippen LogP) is 0.961. The maximum absolute atomic E-state index is 13.6. The van der Waals surface area contributed by atoms with Gasteiger partial charge in [0.1, 0.15) is 10.7 Å². The van der Waals surface area contributed by atoms with Gasteiger partial charge in [-0.25, -0.2) is 17.6 Å². The highest BCUT2D eigenvalue weighted by molar-refractivity contribution is 7.91. The molecule has 0 bridgehead atoms. The molecule has 8 heteroatoms. The number of hydrogen-bond donors (Lipinski definition) is 1. The average Bonchev–Trinajstić information content (AvgIpc) is 2.37. The Kier molecular flexibility index (Phi) is 6.05. The third-order valence-electron chi connectivity index (χ3n) is 2.44. The summed E-state index contributed by atoms with van der Waals surface area (Å²) in [5.74, 6) is -2.79. The first-order valence-corrected chi connectivity index (χ1v) is 7.36. The van der Waals surface area contributed by atoms with Crippen LogP contribution in [0.25, 0.3) is 0 Å². The first kappa shape index (κ1) is 16.5. The van der Waals surface area contributed by atoms with Crippen LogP contribution in [0, 0.1) is 5.82 Å². The Labute approximate surface area is 116 Å². The van der Waals surface area contributed by atoms with E-state index in [1.54, 1.807) is 0 Å². The third-order valence-corrected chi connectivity index (χ3v) is 4.15. The van der Waals surface area contributed by atoms with Gasteiger partial charge in [-0.15, -0.1) is 0 Å². The van der Waals surface area contributed by atoms with E-state index in [1.807, 2.05) is 0 Å². The van der Waals surface area contributed by atoms with E-state index in [0.717, 1.165) is 12.1 Å². The van der Waals surface area contributed by atoms with Gasteiger partial charge in [0, 0.05) is 7.11 Å². The number of methoxy groups -OCH3 is 1. The van der Waals surface area contributed by atoms with Crippen LogP contribution in [0.5, 0.6) is 0 Å². The number of ether oxygens (including phenoxy) is 2. The molecule has 0 radical (unpaired) electrons. The molecule has 0 saturated carbocycles. The molecule has 1 N–H and O–H groups in total. The molecule has 1 rings (SSSR count). The zero-order valence-electron chi connectivity index (χ0n) is 10.8. The fourth-order valence-electron chi connectivity index (χ4n) is 1.41. The lowest BCUT2D eigenvalue weighted by Crippen LogP contribution is -2.15. The normalized spacial score (nSPS) is 11.5. The van der Waals surface area contributed by atoms with Gasteiger partial charge in [0.25, 0.3) is 0 Å². The van der Waals surface area contributed by atoms with Crippen molar-refractivity contribution in [1.82, 2.24) is 0 Å². The zero-order chi connectivity index (χ0) is 15.2. The zero-order valence-corrected chi connectivity index (χ0v) is 11.7. The molecule has 0 spiro atoms. The minimum absolute atomic E-state index is 0.0915. The van der Waals surface area contributed by atoms with Crippen LogP contribution in [0.3, 0.4) is 0 Å². The molecule has 0 aliphatic rings. The van der Waals surface area contributed by atoms with Gasteiger partial charge in [0.2, 0.25) is 0 Å². The van der Waals surface area contributed by atoms with Crippen molar-refractivity contribution in [3.05, 3.63) is 29.6 Å². The molecule has 1 aromatic rings. The van der Waals surface area contributed by atoms with E-state index < -0.39 is 26.5 Å². The number of sulfone groups is 1. The molecule has 0 saturated heterocycles. The highest BCUT2D eigenvalue weighted by atomic mass is 32.2. The van der Waals surface area contributed by atoms with E-state index in [1.165, 1.54) is 7.11 Å². The van der Waals surface area contributed by atoms with Crippen molar-refractivity contribution in [2.24, 2.45) is 0 Å². The van der Waals surface area contributed by atoms with Crippen molar-refractivity contribution in [2.45, 2.75) is 4.90 Å². The van der Waals surface area contributed by atoms with Gasteiger partial charge in [-0.1, -0.05) is 0 Å². The Balaban J connectivity index is 2.75. The molecule has 112 valence electrons. The summed E-state index contributed by atoms with van der Waals surface area (Å²) in [6, 6.07) is 2.67. The third kappa shape index (κ3) is 4.55. The number of aromatic carboxylic acids is 1. The summed E-state index contributed by atoms with van der Waals surface area (Å²) >= 11 is 0. The molecule has 0 aliphatic heterocycles. The first-order chi connectivity index (χ1) is 9.38. The van der Waals surface area contributed by atoms with E-state index in [0.29, 0.717) is 12.7 Å². The maximum atomic E-state index is 13.6. The van der Waals surface area contributed by atoms with Crippen molar-refractivity contribution >= 4 is 15.8 Å². The quantitative estimate of drug-likeness (QED) is 0.720. The molecular formula is C12H15FO6S. The second-order valence-electron chi connectivity index (χ2n) is 3.87. The van der Waals surface area contributed by atoms with E-state index in [9.17, 15) is 17.6 Å². The topological polar surface area (TPSA) is 89.9 Å². The predicted molar refractivity (Wildman–Crippen MR) is 68.1 cm³/mol. The van der Waals surface area contributed by atoms with Gasteiger partial charge in [-0.3, -0.25) is 0 Å². The summed E-state index contributed by atoms with van der Waals surface area (Å²) in [4.78, 5) is 10.1. The summed E-state index contributed by atoms with van der Waals surface area (Å²) in [6.07, 6.45) is 0. The van der Waals surface area contributed by atoms with E-state index in [4.69, 9.17) is 14.6 Å². The molecule has 0 unspecified atom stereocenters. The van der Waals surface area contributed by atoms with Gasteiger partial charge >= 0.3 is 5.97 Å². The monoisotopic (exact) mass is 306 g/mol. The molecule has 6 nitrogen and oxygen atoms in total. The SMILES string of the molecule is COCCOCCS(=O)(=O)c1ccc(C(=O)O)cc1F. The number of carbonyl (C=O) groups is 1. The molecule has 0 aromatic heterocycles. The van der Waals surface area contributed by atoms with Crippen LogP contribution in [0.15, 0.2) is 23.1 Å². The molecule has 0 heterocycles. The van der Waals surface area contributed by atoms with E-state index in [2.05, 4.69) is 0 Å². The summed E-state index contributed by atoms with van der Waals surface area (Å²) in [5, 5.41) is 8.68. The van der Waals surface area contributed by atoms with E-state index in [-0.39, 0.29) is 24.5 Å². The van der Waals surface area contributed by atoms with Gasteiger partial charge in [0.15, 0.2) is 9.84 Å². The van der Waals surface area contributed by atoms with Crippen LogP contribution in [-0.2, 0) is 19.3 Å². The number of halogens is 1. The fraction of sp³-hybridized carbons (Fsp3) is 0.417. The molecular weight excluding hydrogens is 291 g/mol. The fourth-order valence-corrected chi connectivity index (χ4v) is 2.60. The first-order valence-electron chi connectivity index (χ1n) is 5.71. The van der Waals surface area contributed by atoms with Crippen molar-refractivity contribution in [2.75, 3.05) is 32.7 Å². The van der Waals surface area contributed by atoms with Crippen molar-refractivity contribution in [1.29, 1.82) is 0 Å². The Bertz CT molecular complexity index is 569. The number of rotatable bonds is 8. The van der Waals surface area contributed by atoms with Crippen LogP contribution < -0.4 is 0 Å². The number of benzene rings is 1. The summed E-state index contributed by atoms with van der Waals surface area (Å²) < 4.78 is 47.1. The van der Waals surface area contributed by atoms with Crippen LogP contribution in [0.2, 0.25) is 0 Å². The Morgan fingerprint density at radius 2 is 2.00 bits per heavy atom. The Morgan fingerprint density at radius 3 is 2.55 bits per heavy atom. The Hall–Kier alpha value is -1.51. The summed E-state index contributed by atoms with van der Waals surface area (Å²) in [7, 11) is -2.37. The second-order valence-corrected chi connectivity index (χ2v) is 5.95. The van der Waals surface area contributed by atoms with Gasteiger partial charge in [-0.2, -0.15) is 0 Å². The van der Waals surface area contributed by atoms with Crippen LogP contribution in [-0.4, -0.2) is 52.2 Å². The highest BCUT2D eigenvalue weighted by Gasteiger charge is 2.20. The largest absolute Gasteiger partial charge is 0.478 e. The molecule has 0 fully saturated rings. The van der Waals surface area contributed by atoms with Crippen molar-refractivity contribution in [3.63, 3.8) is 0 Å².